The monoisotopic (exact) mass is 210 g/mol. The van der Waals surface area contributed by atoms with Crippen LogP contribution in [0.1, 0.15) is 51.4 Å². The minimum atomic E-state index is -0.279. The Morgan fingerprint density at radius 2 is 1.47 bits per heavy atom. The average Bonchev–Trinajstić information content (AvgIpc) is 2.31. The molecule has 0 unspecified atom stereocenters. The lowest BCUT2D eigenvalue weighted by atomic mass is 9.78. The quantitative estimate of drug-likeness (QED) is 0.753. The van der Waals surface area contributed by atoms with Gasteiger partial charge in [-0.3, -0.25) is 9.69 Å². The molecular formula is C12H22N2O. The topological polar surface area (TPSA) is 46.3 Å². The number of hydrogen-bond acceptors (Lipinski definition) is 2. The summed E-state index contributed by atoms with van der Waals surface area (Å²) in [4.78, 5) is 14.1. The highest BCUT2D eigenvalue weighted by molar-refractivity contribution is 5.84. The van der Waals surface area contributed by atoms with Gasteiger partial charge in [0.2, 0.25) is 5.91 Å². The van der Waals surface area contributed by atoms with Crippen LogP contribution in [0.3, 0.4) is 0 Å². The highest BCUT2D eigenvalue weighted by Crippen LogP contribution is 2.35. The number of nitrogens with two attached hydrogens (primary N) is 1. The Balaban J connectivity index is 2.12. The van der Waals surface area contributed by atoms with Crippen LogP contribution >= 0.6 is 0 Å². The van der Waals surface area contributed by atoms with Crippen LogP contribution < -0.4 is 5.73 Å². The van der Waals surface area contributed by atoms with E-state index < -0.39 is 0 Å². The van der Waals surface area contributed by atoms with E-state index in [-0.39, 0.29) is 11.4 Å². The van der Waals surface area contributed by atoms with E-state index in [4.69, 9.17) is 5.73 Å². The fraction of sp³-hybridized carbons (Fsp3) is 0.917. The molecule has 15 heavy (non-hydrogen) atoms. The first-order chi connectivity index (χ1) is 7.26. The molecule has 2 N–H and O–H groups in total. The first-order valence-corrected chi connectivity index (χ1v) is 6.31. The Hall–Kier alpha value is -0.570. The zero-order valence-corrected chi connectivity index (χ0v) is 9.50. The van der Waals surface area contributed by atoms with Gasteiger partial charge in [0.15, 0.2) is 0 Å². The van der Waals surface area contributed by atoms with Gasteiger partial charge < -0.3 is 5.73 Å². The first-order valence-electron chi connectivity index (χ1n) is 6.31. The number of rotatable bonds is 2. The molecule has 0 aromatic heterocycles. The highest BCUT2D eigenvalue weighted by Gasteiger charge is 2.43. The Labute approximate surface area is 92.0 Å². The molecule has 2 aliphatic rings. The molecule has 3 nitrogen and oxygen atoms in total. The number of primary amides is 1. The Bertz CT molecular complexity index is 228. The molecule has 1 saturated heterocycles. The largest absolute Gasteiger partial charge is 0.368 e. The van der Waals surface area contributed by atoms with E-state index >= 15 is 0 Å². The SMILES string of the molecule is NC(=O)C1(N2CCCCC2)CCCCC1. The van der Waals surface area contributed by atoms with Gasteiger partial charge in [-0.25, -0.2) is 0 Å². The molecule has 0 aromatic carbocycles. The summed E-state index contributed by atoms with van der Waals surface area (Å²) in [7, 11) is 0. The minimum absolute atomic E-state index is 0.0795. The van der Waals surface area contributed by atoms with E-state index in [9.17, 15) is 4.79 Å². The van der Waals surface area contributed by atoms with Crippen LogP contribution in [0.5, 0.6) is 0 Å². The lowest BCUT2D eigenvalue weighted by Gasteiger charge is -2.45. The van der Waals surface area contributed by atoms with E-state index in [0.29, 0.717) is 0 Å². The summed E-state index contributed by atoms with van der Waals surface area (Å²) in [6, 6.07) is 0. The average molecular weight is 210 g/mol. The number of carbonyl (C=O) groups excluding carboxylic acids is 1. The maximum absolute atomic E-state index is 11.8. The van der Waals surface area contributed by atoms with E-state index in [1.165, 1.54) is 38.5 Å². The van der Waals surface area contributed by atoms with Gasteiger partial charge in [0.25, 0.3) is 0 Å². The van der Waals surface area contributed by atoms with Crippen molar-refractivity contribution in [3.05, 3.63) is 0 Å². The lowest BCUT2D eigenvalue weighted by molar-refractivity contribution is -0.133. The second-order valence-electron chi connectivity index (χ2n) is 5.00. The number of amides is 1. The third-order valence-electron chi connectivity index (χ3n) is 4.10. The van der Waals surface area contributed by atoms with Crippen LogP contribution in [0.2, 0.25) is 0 Å². The van der Waals surface area contributed by atoms with Crippen LogP contribution in [0.4, 0.5) is 0 Å². The fourth-order valence-corrected chi connectivity index (χ4v) is 3.18. The second-order valence-corrected chi connectivity index (χ2v) is 5.00. The van der Waals surface area contributed by atoms with Crippen molar-refractivity contribution in [2.45, 2.75) is 56.9 Å². The third kappa shape index (κ3) is 2.03. The molecule has 1 aliphatic carbocycles. The summed E-state index contributed by atoms with van der Waals surface area (Å²) < 4.78 is 0. The number of piperidine rings is 1. The molecule has 1 amide bonds. The van der Waals surface area contributed by atoms with Gasteiger partial charge >= 0.3 is 0 Å². The highest BCUT2D eigenvalue weighted by atomic mass is 16.1. The van der Waals surface area contributed by atoms with Crippen LogP contribution in [0, 0.1) is 0 Å². The number of hydrogen-bond donors (Lipinski definition) is 1. The standard InChI is InChI=1S/C12H22N2O/c13-11(15)12(7-3-1-4-8-12)14-9-5-2-6-10-14/h1-10H2,(H2,13,15). The zero-order valence-electron chi connectivity index (χ0n) is 9.50. The number of nitrogens with zero attached hydrogens (tertiary/aromatic N) is 1. The van der Waals surface area contributed by atoms with Gasteiger partial charge in [-0.05, 0) is 38.8 Å². The van der Waals surface area contributed by atoms with Crippen molar-refractivity contribution in [1.82, 2.24) is 4.90 Å². The number of likely N-dealkylation sites (tertiary alicyclic amines) is 1. The maximum Gasteiger partial charge on any atom is 0.237 e. The Kier molecular flexibility index (Phi) is 3.29. The van der Waals surface area contributed by atoms with Crippen molar-refractivity contribution < 1.29 is 4.79 Å². The molecule has 3 heteroatoms. The van der Waals surface area contributed by atoms with Gasteiger partial charge in [0.1, 0.15) is 5.54 Å². The molecule has 86 valence electrons. The van der Waals surface area contributed by atoms with Crippen molar-refractivity contribution >= 4 is 5.91 Å². The Morgan fingerprint density at radius 3 is 2.00 bits per heavy atom. The van der Waals surface area contributed by atoms with E-state index in [0.717, 1.165) is 25.9 Å². The minimum Gasteiger partial charge on any atom is -0.368 e. The van der Waals surface area contributed by atoms with Crippen molar-refractivity contribution in [1.29, 1.82) is 0 Å². The molecule has 2 fully saturated rings. The molecule has 0 radical (unpaired) electrons. The number of carbonyl (C=O) groups is 1. The van der Waals surface area contributed by atoms with Gasteiger partial charge in [-0.1, -0.05) is 25.7 Å². The third-order valence-corrected chi connectivity index (χ3v) is 4.10. The van der Waals surface area contributed by atoms with E-state index in [1.54, 1.807) is 0 Å². The van der Waals surface area contributed by atoms with E-state index in [1.807, 2.05) is 0 Å². The molecule has 1 saturated carbocycles. The molecule has 0 spiro atoms. The first kappa shape index (κ1) is 10.9. The smallest absolute Gasteiger partial charge is 0.237 e. The van der Waals surface area contributed by atoms with Crippen molar-refractivity contribution in [3.8, 4) is 0 Å². The van der Waals surface area contributed by atoms with Crippen molar-refractivity contribution in [2.75, 3.05) is 13.1 Å². The van der Waals surface area contributed by atoms with Crippen molar-refractivity contribution in [3.63, 3.8) is 0 Å². The van der Waals surface area contributed by atoms with E-state index in [2.05, 4.69) is 4.90 Å². The Morgan fingerprint density at radius 1 is 0.933 bits per heavy atom. The summed E-state index contributed by atoms with van der Waals surface area (Å²) in [5.74, 6) is -0.0795. The summed E-state index contributed by atoms with van der Waals surface area (Å²) in [6.07, 6.45) is 9.35. The normalized spacial score (nSPS) is 27.5. The van der Waals surface area contributed by atoms with Crippen molar-refractivity contribution in [2.24, 2.45) is 5.73 Å². The van der Waals surface area contributed by atoms with Gasteiger partial charge in [-0.2, -0.15) is 0 Å². The summed E-state index contributed by atoms with van der Waals surface area (Å²) >= 11 is 0. The zero-order chi connectivity index (χ0) is 10.7. The van der Waals surface area contributed by atoms with Gasteiger partial charge in [0.05, 0.1) is 0 Å². The predicted octanol–water partition coefficient (Wildman–Crippen LogP) is 1.66. The second kappa shape index (κ2) is 4.52. The van der Waals surface area contributed by atoms with Crippen LogP contribution in [0.25, 0.3) is 0 Å². The van der Waals surface area contributed by atoms with Crippen LogP contribution in [-0.2, 0) is 4.79 Å². The lowest BCUT2D eigenvalue weighted by Crippen LogP contribution is -2.59. The van der Waals surface area contributed by atoms with Gasteiger partial charge in [0, 0.05) is 0 Å². The molecule has 1 aliphatic heterocycles. The summed E-state index contributed by atoms with van der Waals surface area (Å²) in [5, 5.41) is 0. The molecule has 0 atom stereocenters. The predicted molar refractivity (Wildman–Crippen MR) is 60.4 cm³/mol. The molecule has 2 rings (SSSR count). The van der Waals surface area contributed by atoms with Crippen LogP contribution in [0.15, 0.2) is 0 Å². The molecule has 0 aromatic rings. The molecular weight excluding hydrogens is 188 g/mol. The van der Waals surface area contributed by atoms with Gasteiger partial charge in [-0.15, -0.1) is 0 Å². The fourth-order valence-electron chi connectivity index (χ4n) is 3.18. The summed E-state index contributed by atoms with van der Waals surface area (Å²) in [5.41, 5.74) is 5.37. The maximum atomic E-state index is 11.8. The molecule has 0 bridgehead atoms. The van der Waals surface area contributed by atoms with Crippen LogP contribution in [-0.4, -0.2) is 29.4 Å². The summed E-state index contributed by atoms with van der Waals surface area (Å²) in [6.45, 7) is 2.14. The molecule has 1 heterocycles.